The molecule has 0 aromatic heterocycles. The molecule has 0 amide bonds. The van der Waals surface area contributed by atoms with Crippen LogP contribution in [0.25, 0.3) is 0 Å². The number of hydrogen-bond acceptors (Lipinski definition) is 2. The van der Waals surface area contributed by atoms with Gasteiger partial charge in [0.2, 0.25) is 0 Å². The van der Waals surface area contributed by atoms with Crippen molar-refractivity contribution in [3.8, 4) is 0 Å². The average molecular weight is 181 g/mol. The SMILES string of the molecule is C=C/C(C(C)=O)=C(/C)N(C)C(C)C. The molecule has 0 heterocycles. The Labute approximate surface area is 80.9 Å². The van der Waals surface area contributed by atoms with Crippen LogP contribution in [0.15, 0.2) is 23.9 Å². The number of rotatable bonds is 4. The van der Waals surface area contributed by atoms with Crippen molar-refractivity contribution >= 4 is 5.78 Å². The fourth-order valence-electron chi connectivity index (χ4n) is 1.12. The highest BCUT2D eigenvalue weighted by Gasteiger charge is 2.10. The van der Waals surface area contributed by atoms with E-state index in [2.05, 4.69) is 25.3 Å². The van der Waals surface area contributed by atoms with Crippen molar-refractivity contribution in [1.29, 1.82) is 0 Å². The van der Waals surface area contributed by atoms with E-state index >= 15 is 0 Å². The fourth-order valence-corrected chi connectivity index (χ4v) is 1.12. The van der Waals surface area contributed by atoms with Gasteiger partial charge < -0.3 is 4.90 Å². The summed E-state index contributed by atoms with van der Waals surface area (Å²) in [6, 6.07) is 0.397. The quantitative estimate of drug-likeness (QED) is 0.490. The predicted molar refractivity (Wildman–Crippen MR) is 56.5 cm³/mol. The summed E-state index contributed by atoms with van der Waals surface area (Å²) < 4.78 is 0. The second-order valence-electron chi connectivity index (χ2n) is 3.46. The van der Waals surface area contributed by atoms with E-state index in [9.17, 15) is 4.79 Å². The fraction of sp³-hybridized carbons (Fsp3) is 0.545. The van der Waals surface area contributed by atoms with Gasteiger partial charge in [0.15, 0.2) is 5.78 Å². The molecule has 0 atom stereocenters. The molecule has 2 heteroatoms. The number of hydrogen-bond donors (Lipinski definition) is 0. The number of allylic oxidation sites excluding steroid dienone is 3. The normalized spacial score (nSPS) is 12.5. The molecular formula is C11H19NO. The first kappa shape index (κ1) is 11.9. The summed E-state index contributed by atoms with van der Waals surface area (Å²) in [5, 5.41) is 0. The summed E-state index contributed by atoms with van der Waals surface area (Å²) in [6.45, 7) is 11.3. The monoisotopic (exact) mass is 181 g/mol. The molecule has 74 valence electrons. The first-order valence-corrected chi connectivity index (χ1v) is 4.48. The van der Waals surface area contributed by atoms with Gasteiger partial charge in [-0.2, -0.15) is 0 Å². The van der Waals surface area contributed by atoms with E-state index in [0.29, 0.717) is 11.6 Å². The van der Waals surface area contributed by atoms with E-state index < -0.39 is 0 Å². The molecular weight excluding hydrogens is 162 g/mol. The van der Waals surface area contributed by atoms with E-state index in [-0.39, 0.29) is 5.78 Å². The number of carbonyl (C=O) groups is 1. The largest absolute Gasteiger partial charge is 0.375 e. The van der Waals surface area contributed by atoms with Crippen LogP contribution in [0.2, 0.25) is 0 Å². The minimum Gasteiger partial charge on any atom is -0.375 e. The third-order valence-corrected chi connectivity index (χ3v) is 2.28. The molecule has 0 aliphatic rings. The van der Waals surface area contributed by atoms with Crippen molar-refractivity contribution in [3.05, 3.63) is 23.9 Å². The molecule has 13 heavy (non-hydrogen) atoms. The maximum atomic E-state index is 11.2. The van der Waals surface area contributed by atoms with Gasteiger partial charge in [-0.3, -0.25) is 4.79 Å². The van der Waals surface area contributed by atoms with Crippen LogP contribution in [0.4, 0.5) is 0 Å². The lowest BCUT2D eigenvalue weighted by Crippen LogP contribution is -2.26. The lowest BCUT2D eigenvalue weighted by atomic mass is 10.1. The van der Waals surface area contributed by atoms with E-state index in [1.165, 1.54) is 0 Å². The summed E-state index contributed by atoms with van der Waals surface area (Å²) in [5.41, 5.74) is 1.69. The van der Waals surface area contributed by atoms with Crippen LogP contribution < -0.4 is 0 Å². The van der Waals surface area contributed by atoms with E-state index in [0.717, 1.165) is 5.70 Å². The summed E-state index contributed by atoms with van der Waals surface area (Å²) in [7, 11) is 1.98. The third kappa shape index (κ3) is 3.05. The molecule has 0 unspecified atom stereocenters. The molecule has 0 aromatic rings. The minimum atomic E-state index is 0.0694. The molecule has 2 nitrogen and oxygen atoms in total. The number of nitrogens with zero attached hydrogens (tertiary/aromatic N) is 1. The van der Waals surface area contributed by atoms with E-state index in [1.807, 2.05) is 14.0 Å². The van der Waals surface area contributed by atoms with Crippen molar-refractivity contribution in [1.82, 2.24) is 4.90 Å². The molecule has 0 fully saturated rings. The smallest absolute Gasteiger partial charge is 0.161 e. The highest BCUT2D eigenvalue weighted by atomic mass is 16.1. The van der Waals surface area contributed by atoms with Gasteiger partial charge in [-0.05, 0) is 27.7 Å². The van der Waals surface area contributed by atoms with E-state index in [1.54, 1.807) is 13.0 Å². The molecule has 0 saturated carbocycles. The molecule has 0 rings (SSSR count). The Kier molecular flexibility index (Phi) is 4.46. The zero-order valence-corrected chi connectivity index (χ0v) is 9.22. The molecule has 0 radical (unpaired) electrons. The number of ketones is 1. The Balaban J connectivity index is 4.96. The maximum absolute atomic E-state index is 11.2. The van der Waals surface area contributed by atoms with Crippen LogP contribution in [-0.4, -0.2) is 23.8 Å². The molecule has 0 N–H and O–H groups in total. The van der Waals surface area contributed by atoms with Gasteiger partial charge in [0.25, 0.3) is 0 Å². The summed E-state index contributed by atoms with van der Waals surface area (Å²) >= 11 is 0. The molecule has 0 aromatic carbocycles. The van der Waals surface area contributed by atoms with Gasteiger partial charge in [-0.15, -0.1) is 0 Å². The van der Waals surface area contributed by atoms with Crippen molar-refractivity contribution in [2.45, 2.75) is 33.7 Å². The summed E-state index contributed by atoms with van der Waals surface area (Å²) in [5.74, 6) is 0.0694. The Morgan fingerprint density at radius 1 is 1.38 bits per heavy atom. The van der Waals surface area contributed by atoms with Gasteiger partial charge in [0, 0.05) is 24.4 Å². The Hall–Kier alpha value is -1.05. The van der Waals surface area contributed by atoms with Crippen molar-refractivity contribution < 1.29 is 4.79 Å². The highest BCUT2D eigenvalue weighted by molar-refractivity contribution is 5.96. The van der Waals surface area contributed by atoms with Crippen LogP contribution in [0.1, 0.15) is 27.7 Å². The van der Waals surface area contributed by atoms with Gasteiger partial charge in [-0.1, -0.05) is 12.7 Å². The lowest BCUT2D eigenvalue weighted by Gasteiger charge is -2.25. The van der Waals surface area contributed by atoms with Crippen LogP contribution >= 0.6 is 0 Å². The second-order valence-corrected chi connectivity index (χ2v) is 3.46. The average Bonchev–Trinajstić information content (AvgIpc) is 2.03. The lowest BCUT2D eigenvalue weighted by molar-refractivity contribution is -0.113. The van der Waals surface area contributed by atoms with Gasteiger partial charge in [0.1, 0.15) is 0 Å². The van der Waals surface area contributed by atoms with Crippen LogP contribution in [0.3, 0.4) is 0 Å². The summed E-state index contributed by atoms with van der Waals surface area (Å²) in [6.07, 6.45) is 1.62. The topological polar surface area (TPSA) is 20.3 Å². The Morgan fingerprint density at radius 2 is 1.85 bits per heavy atom. The third-order valence-electron chi connectivity index (χ3n) is 2.28. The number of Topliss-reactive ketones (excluding diaryl/α,β-unsaturated/α-hetero) is 1. The van der Waals surface area contributed by atoms with Crippen LogP contribution in [0.5, 0.6) is 0 Å². The first-order valence-electron chi connectivity index (χ1n) is 4.48. The molecule has 0 bridgehead atoms. The van der Waals surface area contributed by atoms with E-state index in [4.69, 9.17) is 0 Å². The second kappa shape index (κ2) is 4.85. The number of carbonyl (C=O) groups excluding carboxylic acids is 1. The Bertz CT molecular complexity index is 238. The van der Waals surface area contributed by atoms with Gasteiger partial charge in [-0.25, -0.2) is 0 Å². The molecule has 0 aliphatic carbocycles. The van der Waals surface area contributed by atoms with Crippen LogP contribution in [-0.2, 0) is 4.79 Å². The minimum absolute atomic E-state index is 0.0694. The first-order chi connectivity index (χ1) is 5.91. The zero-order valence-electron chi connectivity index (χ0n) is 9.22. The van der Waals surface area contributed by atoms with Gasteiger partial charge in [0.05, 0.1) is 0 Å². The molecule has 0 saturated heterocycles. The molecule has 0 spiro atoms. The standard InChI is InChI=1S/C11H19NO/c1-7-11(10(5)13)9(4)12(6)8(2)3/h7-8H,1H2,2-6H3/b11-9+. The zero-order chi connectivity index (χ0) is 10.6. The molecule has 0 aliphatic heterocycles. The highest BCUT2D eigenvalue weighted by Crippen LogP contribution is 2.12. The Morgan fingerprint density at radius 3 is 2.08 bits per heavy atom. The van der Waals surface area contributed by atoms with Gasteiger partial charge >= 0.3 is 0 Å². The summed E-state index contributed by atoms with van der Waals surface area (Å²) in [4.78, 5) is 13.3. The van der Waals surface area contributed by atoms with Crippen molar-refractivity contribution in [2.75, 3.05) is 7.05 Å². The van der Waals surface area contributed by atoms with Crippen LogP contribution in [0, 0.1) is 0 Å². The van der Waals surface area contributed by atoms with Crippen molar-refractivity contribution in [3.63, 3.8) is 0 Å². The maximum Gasteiger partial charge on any atom is 0.161 e. The predicted octanol–water partition coefficient (Wildman–Crippen LogP) is 2.38. The van der Waals surface area contributed by atoms with Crippen molar-refractivity contribution in [2.24, 2.45) is 0 Å².